The highest BCUT2D eigenvalue weighted by molar-refractivity contribution is 7.92. The number of amides is 2. The van der Waals surface area contributed by atoms with Crippen LogP contribution in [-0.4, -0.2) is 49.5 Å². The van der Waals surface area contributed by atoms with Gasteiger partial charge in [0.25, 0.3) is 0 Å². The second-order valence-corrected chi connectivity index (χ2v) is 12.3. The Morgan fingerprint density at radius 3 is 2.20 bits per heavy atom. The lowest BCUT2D eigenvalue weighted by molar-refractivity contribution is -0.141. The normalized spacial score (nSPS) is 12.7. The Hall–Kier alpha value is -2.29. The molecule has 0 aliphatic carbocycles. The predicted octanol–water partition coefficient (Wildman–Crippen LogP) is 4.87. The molecule has 0 unspecified atom stereocenters. The largest absolute Gasteiger partial charge is 0.350 e. The molecule has 2 rings (SSSR count). The van der Waals surface area contributed by atoms with Crippen molar-refractivity contribution in [3.05, 3.63) is 64.1 Å². The van der Waals surface area contributed by atoms with Gasteiger partial charge in [0.2, 0.25) is 21.8 Å². The van der Waals surface area contributed by atoms with E-state index in [2.05, 4.69) is 5.32 Å². The van der Waals surface area contributed by atoms with Crippen LogP contribution in [0, 0.1) is 0 Å². The molecule has 7 nitrogen and oxygen atoms in total. The molecule has 0 radical (unpaired) electrons. The maximum Gasteiger partial charge on any atom is 0.242 e. The number of carbonyl (C=O) groups is 2. The van der Waals surface area contributed by atoms with Gasteiger partial charge in [-0.2, -0.15) is 0 Å². The summed E-state index contributed by atoms with van der Waals surface area (Å²) in [5.41, 5.74) is 0.809. The van der Waals surface area contributed by atoms with Crippen molar-refractivity contribution >= 4 is 50.7 Å². The zero-order valence-corrected chi connectivity index (χ0v) is 23.0. The van der Waals surface area contributed by atoms with Crippen LogP contribution in [0.15, 0.2) is 48.5 Å². The summed E-state index contributed by atoms with van der Waals surface area (Å²) >= 11 is 12.0. The zero-order valence-electron chi connectivity index (χ0n) is 20.7. The van der Waals surface area contributed by atoms with E-state index in [1.807, 2.05) is 26.8 Å². The molecule has 0 saturated heterocycles. The Bertz CT molecular complexity index is 1130. The van der Waals surface area contributed by atoms with Crippen molar-refractivity contribution in [1.29, 1.82) is 0 Å². The molecule has 0 heterocycles. The van der Waals surface area contributed by atoms with Crippen molar-refractivity contribution in [2.75, 3.05) is 17.1 Å². The molecule has 0 aromatic heterocycles. The third-order valence-corrected chi connectivity index (χ3v) is 6.86. The fourth-order valence-electron chi connectivity index (χ4n) is 3.50. The monoisotopic (exact) mass is 541 g/mol. The summed E-state index contributed by atoms with van der Waals surface area (Å²) in [6.45, 7) is 7.61. The molecule has 2 amide bonds. The first-order valence-corrected chi connectivity index (χ1v) is 13.9. The Kier molecular flexibility index (Phi) is 10.0. The standard InChI is InChI=1S/C25H33Cl2N3O4S/c1-18(24(32)28-25(2,3)4)29(17-19-8-6-9-21(27)16-19)23(31)10-7-15-30(35(5,33)34)22-13-11-20(26)12-14-22/h6,8-9,11-14,16,18H,7,10,15,17H2,1-5H3,(H,28,32)/t18-/m1/s1. The number of halogens is 2. The number of sulfonamides is 1. The van der Waals surface area contributed by atoms with Crippen LogP contribution in [0.3, 0.4) is 0 Å². The maximum absolute atomic E-state index is 13.3. The summed E-state index contributed by atoms with van der Waals surface area (Å²) in [6.07, 6.45) is 1.45. The van der Waals surface area contributed by atoms with Gasteiger partial charge in [-0.3, -0.25) is 13.9 Å². The molecular formula is C25H33Cl2N3O4S. The number of carbonyl (C=O) groups excluding carboxylic acids is 2. The second kappa shape index (κ2) is 12.1. The number of hydrogen-bond donors (Lipinski definition) is 1. The molecule has 2 aromatic carbocycles. The summed E-state index contributed by atoms with van der Waals surface area (Å²) in [5, 5.41) is 3.95. The van der Waals surface area contributed by atoms with Crippen LogP contribution in [-0.2, 0) is 26.2 Å². The molecule has 1 N–H and O–H groups in total. The van der Waals surface area contributed by atoms with Crippen LogP contribution in [0.2, 0.25) is 10.0 Å². The highest BCUT2D eigenvalue weighted by atomic mass is 35.5. The number of rotatable bonds is 10. The van der Waals surface area contributed by atoms with Crippen LogP contribution in [0.25, 0.3) is 0 Å². The summed E-state index contributed by atoms with van der Waals surface area (Å²) in [5.74, 6) is -0.530. The van der Waals surface area contributed by atoms with Crippen LogP contribution in [0.4, 0.5) is 5.69 Å². The first kappa shape index (κ1) is 28.9. The predicted molar refractivity (Wildman–Crippen MR) is 142 cm³/mol. The number of benzene rings is 2. The van der Waals surface area contributed by atoms with E-state index in [1.54, 1.807) is 49.4 Å². The minimum Gasteiger partial charge on any atom is -0.350 e. The minimum absolute atomic E-state index is 0.0628. The van der Waals surface area contributed by atoms with Crippen molar-refractivity contribution < 1.29 is 18.0 Å². The van der Waals surface area contributed by atoms with Gasteiger partial charge in [-0.25, -0.2) is 8.42 Å². The van der Waals surface area contributed by atoms with Gasteiger partial charge in [0.05, 0.1) is 11.9 Å². The van der Waals surface area contributed by atoms with Crippen molar-refractivity contribution in [3.63, 3.8) is 0 Å². The van der Waals surface area contributed by atoms with Crippen molar-refractivity contribution in [2.24, 2.45) is 0 Å². The van der Waals surface area contributed by atoms with Gasteiger partial charge in [0, 0.05) is 35.1 Å². The fraction of sp³-hybridized carbons (Fsp3) is 0.440. The first-order valence-electron chi connectivity index (χ1n) is 11.3. The molecule has 0 aliphatic heterocycles. The molecule has 0 aliphatic rings. The zero-order chi connectivity index (χ0) is 26.4. The molecule has 0 fully saturated rings. The van der Waals surface area contributed by atoms with E-state index in [1.165, 1.54) is 9.21 Å². The van der Waals surface area contributed by atoms with Crippen molar-refractivity contribution in [1.82, 2.24) is 10.2 Å². The van der Waals surface area contributed by atoms with E-state index >= 15 is 0 Å². The number of hydrogen-bond acceptors (Lipinski definition) is 4. The van der Waals surface area contributed by atoms with Gasteiger partial charge in [-0.1, -0.05) is 35.3 Å². The van der Waals surface area contributed by atoms with Crippen molar-refractivity contribution in [3.8, 4) is 0 Å². The van der Waals surface area contributed by atoms with Gasteiger partial charge >= 0.3 is 0 Å². The molecule has 0 spiro atoms. The van der Waals surface area contributed by atoms with Gasteiger partial charge in [0.1, 0.15) is 6.04 Å². The number of anilines is 1. The molecule has 0 saturated carbocycles. The third kappa shape index (κ3) is 9.35. The van der Waals surface area contributed by atoms with Gasteiger partial charge in [0.15, 0.2) is 0 Å². The van der Waals surface area contributed by atoms with Crippen LogP contribution >= 0.6 is 23.2 Å². The van der Waals surface area contributed by atoms with E-state index in [0.717, 1.165) is 11.8 Å². The van der Waals surface area contributed by atoms with Gasteiger partial charge in [-0.05, 0) is 76.1 Å². The summed E-state index contributed by atoms with van der Waals surface area (Å²) in [7, 11) is -3.57. The Balaban J connectivity index is 2.18. The smallest absolute Gasteiger partial charge is 0.242 e. The molecule has 192 valence electrons. The Morgan fingerprint density at radius 1 is 1.03 bits per heavy atom. The van der Waals surface area contributed by atoms with Crippen molar-refractivity contribution in [2.45, 2.75) is 58.7 Å². The Morgan fingerprint density at radius 2 is 1.66 bits per heavy atom. The van der Waals surface area contributed by atoms with E-state index in [4.69, 9.17) is 23.2 Å². The summed E-state index contributed by atoms with van der Waals surface area (Å²) in [6, 6.07) is 12.9. The molecule has 10 heteroatoms. The van der Waals surface area contributed by atoms with Gasteiger partial charge < -0.3 is 10.2 Å². The lowest BCUT2D eigenvalue weighted by Crippen LogP contribution is -2.52. The van der Waals surface area contributed by atoms with E-state index < -0.39 is 21.6 Å². The second-order valence-electron chi connectivity index (χ2n) is 9.48. The van der Waals surface area contributed by atoms with Gasteiger partial charge in [-0.15, -0.1) is 0 Å². The molecule has 35 heavy (non-hydrogen) atoms. The first-order chi connectivity index (χ1) is 16.2. The maximum atomic E-state index is 13.3. The molecular weight excluding hydrogens is 509 g/mol. The SMILES string of the molecule is C[C@H](C(=O)NC(C)(C)C)N(Cc1cccc(Cl)c1)C(=O)CCCN(c1ccc(Cl)cc1)S(C)(=O)=O. The van der Waals surface area contributed by atoms with Crippen LogP contribution in [0.5, 0.6) is 0 Å². The third-order valence-electron chi connectivity index (χ3n) is 5.17. The van der Waals surface area contributed by atoms with E-state index in [9.17, 15) is 18.0 Å². The lowest BCUT2D eigenvalue weighted by Gasteiger charge is -2.32. The highest BCUT2D eigenvalue weighted by Crippen LogP contribution is 2.22. The number of nitrogens with zero attached hydrogens (tertiary/aromatic N) is 2. The summed E-state index contributed by atoms with van der Waals surface area (Å²) in [4.78, 5) is 27.6. The van der Waals surface area contributed by atoms with E-state index in [0.29, 0.717) is 15.7 Å². The fourth-order valence-corrected chi connectivity index (χ4v) is 4.80. The lowest BCUT2D eigenvalue weighted by atomic mass is 10.1. The topological polar surface area (TPSA) is 86.8 Å². The Labute approximate surface area is 218 Å². The average Bonchev–Trinajstić information content (AvgIpc) is 2.73. The quantitative estimate of drug-likeness (QED) is 0.464. The average molecular weight is 543 g/mol. The highest BCUT2D eigenvalue weighted by Gasteiger charge is 2.28. The molecule has 0 bridgehead atoms. The number of nitrogens with one attached hydrogen (secondary N) is 1. The van der Waals surface area contributed by atoms with E-state index in [-0.39, 0.29) is 37.7 Å². The molecule has 2 aromatic rings. The van der Waals surface area contributed by atoms with Crippen LogP contribution in [0.1, 0.15) is 46.1 Å². The van der Waals surface area contributed by atoms with Crippen LogP contribution < -0.4 is 9.62 Å². The molecule has 1 atom stereocenters. The summed E-state index contributed by atoms with van der Waals surface area (Å²) < 4.78 is 26.0. The minimum atomic E-state index is -3.57.